The average molecular weight is 270 g/mol. The Hall–Kier alpha value is -2.63. The second kappa shape index (κ2) is 4.80. The van der Waals surface area contributed by atoms with Crippen molar-refractivity contribution >= 4 is 16.9 Å². The molecular weight excluding hydrogens is 256 g/mol. The number of H-pyrrole nitrogens is 1. The Kier molecular flexibility index (Phi) is 2.98. The van der Waals surface area contributed by atoms with E-state index in [-0.39, 0.29) is 5.97 Å². The summed E-state index contributed by atoms with van der Waals surface area (Å²) in [6.45, 7) is 1.98. The SMILES string of the molecule is CCc1c(C(=O)OC)cnn1-c1ccc2cn[nH]c2c1. The van der Waals surface area contributed by atoms with Crippen LogP contribution in [0, 0.1) is 0 Å². The van der Waals surface area contributed by atoms with Crippen molar-refractivity contribution in [3.8, 4) is 5.69 Å². The topological polar surface area (TPSA) is 72.8 Å². The molecule has 0 spiro atoms. The number of nitrogens with zero attached hydrogens (tertiary/aromatic N) is 3. The number of hydrogen-bond acceptors (Lipinski definition) is 4. The highest BCUT2D eigenvalue weighted by atomic mass is 16.5. The molecule has 0 unspecified atom stereocenters. The highest BCUT2D eigenvalue weighted by molar-refractivity contribution is 5.90. The van der Waals surface area contributed by atoms with Gasteiger partial charge < -0.3 is 4.74 Å². The predicted molar refractivity (Wildman–Crippen MR) is 73.9 cm³/mol. The molecule has 6 heteroatoms. The van der Waals surface area contributed by atoms with Crippen LogP contribution in [0.25, 0.3) is 16.6 Å². The Morgan fingerprint density at radius 2 is 2.25 bits per heavy atom. The second-order valence-electron chi connectivity index (χ2n) is 4.40. The van der Waals surface area contributed by atoms with Crippen LogP contribution in [-0.4, -0.2) is 33.1 Å². The van der Waals surface area contributed by atoms with E-state index in [9.17, 15) is 4.79 Å². The minimum Gasteiger partial charge on any atom is -0.465 e. The molecule has 3 rings (SSSR count). The van der Waals surface area contributed by atoms with Crippen molar-refractivity contribution in [3.63, 3.8) is 0 Å². The number of fused-ring (bicyclic) bond motifs is 1. The number of aromatic nitrogens is 4. The van der Waals surface area contributed by atoms with Crippen molar-refractivity contribution in [1.82, 2.24) is 20.0 Å². The van der Waals surface area contributed by atoms with E-state index in [2.05, 4.69) is 15.3 Å². The number of rotatable bonds is 3. The summed E-state index contributed by atoms with van der Waals surface area (Å²) >= 11 is 0. The van der Waals surface area contributed by atoms with Gasteiger partial charge in [0.25, 0.3) is 0 Å². The minimum atomic E-state index is -0.365. The van der Waals surface area contributed by atoms with Gasteiger partial charge in [0.2, 0.25) is 0 Å². The first-order valence-electron chi connectivity index (χ1n) is 6.33. The smallest absolute Gasteiger partial charge is 0.341 e. The first-order chi connectivity index (χ1) is 9.74. The van der Waals surface area contributed by atoms with Gasteiger partial charge in [-0.1, -0.05) is 6.92 Å². The summed E-state index contributed by atoms with van der Waals surface area (Å²) in [5.74, 6) is -0.365. The van der Waals surface area contributed by atoms with Crippen LogP contribution in [0.4, 0.5) is 0 Å². The molecule has 20 heavy (non-hydrogen) atoms. The van der Waals surface area contributed by atoms with E-state index >= 15 is 0 Å². The van der Waals surface area contributed by atoms with Crippen LogP contribution in [-0.2, 0) is 11.2 Å². The molecular formula is C14H14N4O2. The molecule has 1 N–H and O–H groups in total. The standard InChI is InChI=1S/C14H14N4O2/c1-3-13-11(14(19)20-2)8-16-18(13)10-5-4-9-7-15-17-12(9)6-10/h4-8H,3H2,1-2H3,(H,15,17). The zero-order valence-electron chi connectivity index (χ0n) is 11.3. The number of carbonyl (C=O) groups is 1. The van der Waals surface area contributed by atoms with Crippen molar-refractivity contribution in [1.29, 1.82) is 0 Å². The zero-order chi connectivity index (χ0) is 14.1. The summed E-state index contributed by atoms with van der Waals surface area (Å²) < 4.78 is 6.53. The molecule has 6 nitrogen and oxygen atoms in total. The number of nitrogens with one attached hydrogen (secondary N) is 1. The summed E-state index contributed by atoms with van der Waals surface area (Å²) in [6, 6.07) is 5.87. The van der Waals surface area contributed by atoms with Crippen LogP contribution in [0.5, 0.6) is 0 Å². The van der Waals surface area contributed by atoms with Gasteiger partial charge in [0, 0.05) is 5.39 Å². The van der Waals surface area contributed by atoms with Gasteiger partial charge in [-0.25, -0.2) is 9.48 Å². The quantitative estimate of drug-likeness (QED) is 0.740. The number of esters is 1. The summed E-state index contributed by atoms with van der Waals surface area (Å²) in [5, 5.41) is 12.3. The fourth-order valence-electron chi connectivity index (χ4n) is 2.27. The Morgan fingerprint density at radius 3 is 3.00 bits per heavy atom. The van der Waals surface area contributed by atoms with E-state index in [1.165, 1.54) is 7.11 Å². The van der Waals surface area contributed by atoms with Gasteiger partial charge in [-0.15, -0.1) is 0 Å². The number of aromatic amines is 1. The van der Waals surface area contributed by atoms with Crippen LogP contribution in [0.15, 0.2) is 30.6 Å². The number of hydrogen-bond donors (Lipinski definition) is 1. The van der Waals surface area contributed by atoms with Crippen LogP contribution < -0.4 is 0 Å². The summed E-state index contributed by atoms with van der Waals surface area (Å²) in [6.07, 6.45) is 4.00. The van der Waals surface area contributed by atoms with Crippen molar-refractivity contribution in [2.24, 2.45) is 0 Å². The molecule has 3 aromatic rings. The van der Waals surface area contributed by atoms with Gasteiger partial charge >= 0.3 is 5.97 Å². The van der Waals surface area contributed by atoms with Crippen LogP contribution in [0.3, 0.4) is 0 Å². The normalized spacial score (nSPS) is 10.9. The zero-order valence-corrected chi connectivity index (χ0v) is 11.3. The Morgan fingerprint density at radius 1 is 1.40 bits per heavy atom. The van der Waals surface area contributed by atoms with Crippen molar-refractivity contribution in [2.45, 2.75) is 13.3 Å². The van der Waals surface area contributed by atoms with Gasteiger partial charge in [-0.05, 0) is 24.6 Å². The maximum atomic E-state index is 11.7. The van der Waals surface area contributed by atoms with Gasteiger partial charge in [-0.3, -0.25) is 5.10 Å². The predicted octanol–water partition coefficient (Wildman–Crippen LogP) is 2.10. The lowest BCUT2D eigenvalue weighted by atomic mass is 10.2. The Bertz CT molecular complexity index is 772. The maximum absolute atomic E-state index is 11.7. The monoisotopic (exact) mass is 270 g/mol. The molecule has 0 saturated heterocycles. The molecule has 0 radical (unpaired) electrons. The molecule has 2 aromatic heterocycles. The molecule has 0 amide bonds. The van der Waals surface area contributed by atoms with Crippen molar-refractivity contribution in [3.05, 3.63) is 41.9 Å². The fraction of sp³-hybridized carbons (Fsp3) is 0.214. The van der Waals surface area contributed by atoms with Crippen LogP contribution >= 0.6 is 0 Å². The van der Waals surface area contributed by atoms with E-state index in [0.717, 1.165) is 22.3 Å². The molecule has 0 aliphatic rings. The third-order valence-corrected chi connectivity index (χ3v) is 3.28. The minimum absolute atomic E-state index is 0.365. The molecule has 0 aliphatic heterocycles. The van der Waals surface area contributed by atoms with E-state index in [1.807, 2.05) is 25.1 Å². The largest absolute Gasteiger partial charge is 0.465 e. The lowest BCUT2D eigenvalue weighted by Gasteiger charge is -2.07. The van der Waals surface area contributed by atoms with E-state index in [0.29, 0.717) is 12.0 Å². The molecule has 0 saturated carbocycles. The average Bonchev–Trinajstić information content (AvgIpc) is 3.11. The number of ether oxygens (including phenoxy) is 1. The summed E-state index contributed by atoms with van der Waals surface area (Å²) in [5.41, 5.74) is 3.14. The molecule has 0 aliphatic carbocycles. The number of benzene rings is 1. The highest BCUT2D eigenvalue weighted by Crippen LogP contribution is 2.20. The molecule has 2 heterocycles. The third-order valence-electron chi connectivity index (χ3n) is 3.28. The Balaban J connectivity index is 2.13. The fourth-order valence-corrected chi connectivity index (χ4v) is 2.27. The highest BCUT2D eigenvalue weighted by Gasteiger charge is 2.17. The van der Waals surface area contributed by atoms with Gasteiger partial charge in [0.1, 0.15) is 5.56 Å². The second-order valence-corrected chi connectivity index (χ2v) is 4.40. The maximum Gasteiger partial charge on any atom is 0.341 e. The van der Waals surface area contributed by atoms with Gasteiger partial charge in [0.15, 0.2) is 0 Å². The van der Waals surface area contributed by atoms with E-state index < -0.39 is 0 Å². The molecule has 0 fully saturated rings. The number of carbonyl (C=O) groups excluding carboxylic acids is 1. The third kappa shape index (κ3) is 1.85. The van der Waals surface area contributed by atoms with Gasteiger partial charge in [0.05, 0.1) is 36.4 Å². The van der Waals surface area contributed by atoms with E-state index in [4.69, 9.17) is 4.74 Å². The molecule has 102 valence electrons. The summed E-state index contributed by atoms with van der Waals surface area (Å²) in [4.78, 5) is 11.7. The lowest BCUT2D eigenvalue weighted by Crippen LogP contribution is -2.07. The van der Waals surface area contributed by atoms with Crippen molar-refractivity contribution < 1.29 is 9.53 Å². The van der Waals surface area contributed by atoms with E-state index in [1.54, 1.807) is 17.1 Å². The lowest BCUT2D eigenvalue weighted by molar-refractivity contribution is 0.0599. The first kappa shape index (κ1) is 12.4. The summed E-state index contributed by atoms with van der Waals surface area (Å²) in [7, 11) is 1.37. The number of methoxy groups -OCH3 is 1. The molecule has 1 aromatic carbocycles. The van der Waals surface area contributed by atoms with Crippen LogP contribution in [0.2, 0.25) is 0 Å². The van der Waals surface area contributed by atoms with Gasteiger partial charge in [-0.2, -0.15) is 10.2 Å². The molecule has 0 atom stereocenters. The Labute approximate surface area is 115 Å². The van der Waals surface area contributed by atoms with Crippen LogP contribution in [0.1, 0.15) is 23.0 Å². The molecule has 0 bridgehead atoms. The first-order valence-corrected chi connectivity index (χ1v) is 6.33. The van der Waals surface area contributed by atoms with Crippen molar-refractivity contribution in [2.75, 3.05) is 7.11 Å².